The average molecular weight is 210 g/mol. The molecule has 0 amide bonds. The van der Waals surface area contributed by atoms with Crippen LogP contribution in [-0.4, -0.2) is 5.11 Å². The Hall–Kier alpha value is -0.760. The number of rotatable bonds is 7. The Morgan fingerprint density at radius 3 is 2.73 bits per heavy atom. The summed E-state index contributed by atoms with van der Waals surface area (Å²) in [5.41, 5.74) is 0. The van der Waals surface area contributed by atoms with Crippen LogP contribution in [0.2, 0.25) is 0 Å². The zero-order chi connectivity index (χ0) is 11.1. The Morgan fingerprint density at radius 1 is 1.40 bits per heavy atom. The molecule has 1 rings (SSSR count). The highest BCUT2D eigenvalue weighted by Crippen LogP contribution is 2.26. The van der Waals surface area contributed by atoms with Crippen molar-refractivity contribution in [3.63, 3.8) is 0 Å². The van der Waals surface area contributed by atoms with E-state index in [2.05, 4.69) is 13.8 Å². The van der Waals surface area contributed by atoms with Crippen LogP contribution < -0.4 is 0 Å². The minimum Gasteiger partial charge on any atom is -0.467 e. The molecule has 1 aromatic heterocycles. The van der Waals surface area contributed by atoms with Crippen molar-refractivity contribution in [1.82, 2.24) is 0 Å². The molecule has 0 spiro atoms. The zero-order valence-corrected chi connectivity index (χ0v) is 9.78. The third-order valence-electron chi connectivity index (χ3n) is 2.97. The van der Waals surface area contributed by atoms with Gasteiger partial charge in [-0.25, -0.2) is 0 Å². The standard InChI is InChI=1S/C13H22O2/c1-3-5-7-11(4-2)10-12(14)13-8-6-9-15-13/h6,8-9,11-12,14H,3-5,7,10H2,1-2H3. The number of unbranched alkanes of at least 4 members (excludes halogenated alkanes) is 1. The summed E-state index contributed by atoms with van der Waals surface area (Å²) >= 11 is 0. The SMILES string of the molecule is CCCCC(CC)CC(O)c1ccco1. The Labute approximate surface area is 92.3 Å². The van der Waals surface area contributed by atoms with Gasteiger partial charge in [-0.3, -0.25) is 0 Å². The van der Waals surface area contributed by atoms with Crippen LogP contribution in [-0.2, 0) is 0 Å². The van der Waals surface area contributed by atoms with E-state index < -0.39 is 6.10 Å². The van der Waals surface area contributed by atoms with E-state index in [-0.39, 0.29) is 0 Å². The summed E-state index contributed by atoms with van der Waals surface area (Å²) in [6.45, 7) is 4.39. The third-order valence-corrected chi connectivity index (χ3v) is 2.97. The fourth-order valence-electron chi connectivity index (χ4n) is 1.89. The molecular weight excluding hydrogens is 188 g/mol. The normalized spacial score (nSPS) is 15.1. The lowest BCUT2D eigenvalue weighted by Crippen LogP contribution is -2.06. The van der Waals surface area contributed by atoms with E-state index in [1.165, 1.54) is 19.3 Å². The van der Waals surface area contributed by atoms with E-state index in [1.54, 1.807) is 6.26 Å². The summed E-state index contributed by atoms with van der Waals surface area (Å²) in [4.78, 5) is 0. The van der Waals surface area contributed by atoms with E-state index in [1.807, 2.05) is 12.1 Å². The van der Waals surface area contributed by atoms with Gasteiger partial charge in [0.05, 0.1) is 6.26 Å². The van der Waals surface area contributed by atoms with E-state index >= 15 is 0 Å². The molecule has 2 nitrogen and oxygen atoms in total. The second-order valence-electron chi connectivity index (χ2n) is 4.18. The summed E-state index contributed by atoms with van der Waals surface area (Å²) in [6.07, 6.45) is 6.84. The first kappa shape index (κ1) is 12.3. The lowest BCUT2D eigenvalue weighted by atomic mass is 9.92. The summed E-state index contributed by atoms with van der Waals surface area (Å²) < 4.78 is 5.20. The zero-order valence-electron chi connectivity index (χ0n) is 9.78. The van der Waals surface area contributed by atoms with Crippen LogP contribution in [0.5, 0.6) is 0 Å². The molecule has 0 fully saturated rings. The second-order valence-corrected chi connectivity index (χ2v) is 4.18. The predicted octanol–water partition coefficient (Wildman–Crippen LogP) is 3.92. The molecule has 0 aliphatic heterocycles. The minimum atomic E-state index is -0.429. The van der Waals surface area contributed by atoms with Crippen LogP contribution in [0.3, 0.4) is 0 Å². The van der Waals surface area contributed by atoms with Crippen LogP contribution in [0.4, 0.5) is 0 Å². The van der Waals surface area contributed by atoms with Crippen LogP contribution in [0.15, 0.2) is 22.8 Å². The summed E-state index contributed by atoms with van der Waals surface area (Å²) in [5, 5.41) is 9.92. The van der Waals surface area contributed by atoms with Crippen molar-refractivity contribution in [3.05, 3.63) is 24.2 Å². The van der Waals surface area contributed by atoms with Gasteiger partial charge in [-0.2, -0.15) is 0 Å². The Balaban J connectivity index is 2.37. The van der Waals surface area contributed by atoms with Crippen LogP contribution in [0, 0.1) is 5.92 Å². The molecule has 86 valence electrons. The molecule has 0 bridgehead atoms. The summed E-state index contributed by atoms with van der Waals surface area (Å²) in [5.74, 6) is 1.31. The first-order chi connectivity index (χ1) is 7.27. The molecule has 0 saturated carbocycles. The fourth-order valence-corrected chi connectivity index (χ4v) is 1.89. The summed E-state index contributed by atoms with van der Waals surface area (Å²) in [7, 11) is 0. The van der Waals surface area contributed by atoms with E-state index in [0.29, 0.717) is 11.7 Å². The van der Waals surface area contributed by atoms with Gasteiger partial charge in [0.15, 0.2) is 0 Å². The van der Waals surface area contributed by atoms with Crippen molar-refractivity contribution in [3.8, 4) is 0 Å². The number of hydrogen-bond donors (Lipinski definition) is 1. The molecule has 0 aromatic carbocycles. The first-order valence-electron chi connectivity index (χ1n) is 5.99. The van der Waals surface area contributed by atoms with Gasteiger partial charge in [-0.1, -0.05) is 39.5 Å². The van der Waals surface area contributed by atoms with Crippen molar-refractivity contribution in [1.29, 1.82) is 0 Å². The highest BCUT2D eigenvalue weighted by molar-refractivity contribution is 5.01. The Morgan fingerprint density at radius 2 is 2.20 bits per heavy atom. The topological polar surface area (TPSA) is 33.4 Å². The third kappa shape index (κ3) is 4.08. The molecule has 1 heterocycles. The monoisotopic (exact) mass is 210 g/mol. The molecular formula is C13H22O2. The molecule has 2 heteroatoms. The fraction of sp³-hybridized carbons (Fsp3) is 0.692. The predicted molar refractivity (Wildman–Crippen MR) is 61.6 cm³/mol. The first-order valence-corrected chi connectivity index (χ1v) is 5.99. The molecule has 0 aliphatic rings. The minimum absolute atomic E-state index is 0.429. The van der Waals surface area contributed by atoms with Gasteiger partial charge in [-0.05, 0) is 24.5 Å². The van der Waals surface area contributed by atoms with Gasteiger partial charge in [-0.15, -0.1) is 0 Å². The van der Waals surface area contributed by atoms with Crippen molar-refractivity contribution < 1.29 is 9.52 Å². The van der Waals surface area contributed by atoms with Crippen molar-refractivity contribution in [2.24, 2.45) is 5.92 Å². The average Bonchev–Trinajstić information content (AvgIpc) is 2.77. The molecule has 0 radical (unpaired) electrons. The van der Waals surface area contributed by atoms with Crippen LogP contribution >= 0.6 is 0 Å². The van der Waals surface area contributed by atoms with Gasteiger partial charge in [0.25, 0.3) is 0 Å². The smallest absolute Gasteiger partial charge is 0.132 e. The maximum atomic E-state index is 9.92. The molecule has 1 N–H and O–H groups in total. The number of aliphatic hydroxyl groups is 1. The number of hydrogen-bond acceptors (Lipinski definition) is 2. The van der Waals surface area contributed by atoms with Crippen molar-refractivity contribution >= 4 is 0 Å². The van der Waals surface area contributed by atoms with Gasteiger partial charge >= 0.3 is 0 Å². The maximum Gasteiger partial charge on any atom is 0.132 e. The molecule has 15 heavy (non-hydrogen) atoms. The largest absolute Gasteiger partial charge is 0.467 e. The highest BCUT2D eigenvalue weighted by atomic mass is 16.4. The van der Waals surface area contributed by atoms with E-state index in [9.17, 15) is 5.11 Å². The quantitative estimate of drug-likeness (QED) is 0.740. The highest BCUT2D eigenvalue weighted by Gasteiger charge is 2.16. The number of aliphatic hydroxyl groups excluding tert-OH is 1. The van der Waals surface area contributed by atoms with Crippen molar-refractivity contribution in [2.75, 3.05) is 0 Å². The molecule has 2 atom stereocenters. The molecule has 1 aromatic rings. The van der Waals surface area contributed by atoms with Gasteiger partial charge in [0, 0.05) is 0 Å². The number of furan rings is 1. The Kier molecular flexibility index (Phi) is 5.48. The van der Waals surface area contributed by atoms with Gasteiger partial charge in [0.2, 0.25) is 0 Å². The van der Waals surface area contributed by atoms with Gasteiger partial charge in [0.1, 0.15) is 11.9 Å². The van der Waals surface area contributed by atoms with E-state index in [0.717, 1.165) is 12.8 Å². The molecule has 0 aliphatic carbocycles. The molecule has 2 unspecified atom stereocenters. The maximum absolute atomic E-state index is 9.92. The van der Waals surface area contributed by atoms with E-state index in [4.69, 9.17) is 4.42 Å². The molecule has 0 saturated heterocycles. The lowest BCUT2D eigenvalue weighted by Gasteiger charge is -2.17. The summed E-state index contributed by atoms with van der Waals surface area (Å²) in [6, 6.07) is 3.67. The lowest BCUT2D eigenvalue weighted by molar-refractivity contribution is 0.115. The Bertz CT molecular complexity index is 241. The van der Waals surface area contributed by atoms with Crippen molar-refractivity contribution in [2.45, 2.75) is 52.1 Å². The van der Waals surface area contributed by atoms with Crippen LogP contribution in [0.25, 0.3) is 0 Å². The van der Waals surface area contributed by atoms with Gasteiger partial charge < -0.3 is 9.52 Å². The second kappa shape index (κ2) is 6.67. The van der Waals surface area contributed by atoms with Crippen LogP contribution in [0.1, 0.15) is 57.8 Å².